The van der Waals surface area contributed by atoms with Crippen LogP contribution in [0.5, 0.6) is 0 Å². The minimum absolute atomic E-state index is 0.0335. The van der Waals surface area contributed by atoms with Gasteiger partial charge in [-0.05, 0) is 23.0 Å². The number of methoxy groups -OCH3 is 2. The molecule has 0 saturated carbocycles. The van der Waals surface area contributed by atoms with E-state index in [1.54, 1.807) is 0 Å². The monoisotopic (exact) mass is 662 g/mol. The molecule has 2 aromatic heterocycles. The van der Waals surface area contributed by atoms with E-state index >= 15 is 0 Å². The highest BCUT2D eigenvalue weighted by molar-refractivity contribution is 6.34. The summed E-state index contributed by atoms with van der Waals surface area (Å²) in [7, 11) is 2.67. The molecule has 0 aromatic carbocycles. The van der Waals surface area contributed by atoms with Gasteiger partial charge in [-0.25, -0.2) is 28.4 Å². The van der Waals surface area contributed by atoms with Crippen LogP contribution in [0.25, 0.3) is 9.69 Å². The van der Waals surface area contributed by atoms with Crippen molar-refractivity contribution in [3.05, 3.63) is 62.1 Å². The number of hydrogen-bond donors (Lipinski definition) is 2. The lowest BCUT2D eigenvalue weighted by Crippen LogP contribution is -2.37. The average Bonchev–Trinajstić information content (AvgIpc) is 2.91. The topological polar surface area (TPSA) is 125 Å². The van der Waals surface area contributed by atoms with Crippen LogP contribution >= 0.6 is 34.8 Å². The van der Waals surface area contributed by atoms with Gasteiger partial charge in [-0.15, -0.1) is 0 Å². The first kappa shape index (κ1) is 39.7. The Morgan fingerprint density at radius 2 is 1.30 bits per heavy atom. The molecule has 2 rings (SSSR count). The lowest BCUT2D eigenvalue weighted by atomic mass is 9.84. The molecule has 0 radical (unpaired) electrons. The summed E-state index contributed by atoms with van der Waals surface area (Å²) in [5.74, 6) is -2.16. The summed E-state index contributed by atoms with van der Waals surface area (Å²) in [5.41, 5.74) is 5.26. The number of hydrogen-bond acceptors (Lipinski definition) is 8. The smallest absolute Gasteiger partial charge is 0.307 e. The lowest BCUT2D eigenvalue weighted by molar-refractivity contribution is -0.142. The second-order valence-electron chi connectivity index (χ2n) is 11.0. The van der Waals surface area contributed by atoms with Crippen molar-refractivity contribution in [2.75, 3.05) is 19.5 Å². The van der Waals surface area contributed by atoms with Crippen LogP contribution in [0, 0.1) is 35.6 Å². The number of carbonyl (C=O) groups is 2. The van der Waals surface area contributed by atoms with E-state index in [1.165, 1.54) is 14.2 Å². The van der Waals surface area contributed by atoms with Crippen molar-refractivity contribution in [2.24, 2.45) is 16.6 Å². The van der Waals surface area contributed by atoms with E-state index in [0.29, 0.717) is 6.42 Å². The Hall–Kier alpha value is -3.29. The summed E-state index contributed by atoms with van der Waals surface area (Å²) in [6.45, 7) is 25.1. The Morgan fingerprint density at radius 3 is 1.72 bits per heavy atom. The van der Waals surface area contributed by atoms with Crippen LogP contribution in [0.1, 0.15) is 54.4 Å². The third-order valence-electron chi connectivity index (χ3n) is 5.70. The van der Waals surface area contributed by atoms with Crippen LogP contribution in [-0.4, -0.2) is 48.2 Å². The second-order valence-corrected chi connectivity index (χ2v) is 12.1. The molecule has 0 bridgehead atoms. The summed E-state index contributed by atoms with van der Waals surface area (Å²) in [6.07, 6.45) is 0.351. The number of carbonyl (C=O) groups excluding carboxylic acids is 2. The van der Waals surface area contributed by atoms with Gasteiger partial charge in [0.1, 0.15) is 16.1 Å². The van der Waals surface area contributed by atoms with Crippen LogP contribution in [0.3, 0.4) is 0 Å². The highest BCUT2D eigenvalue weighted by Gasteiger charge is 2.29. The van der Waals surface area contributed by atoms with Crippen molar-refractivity contribution in [1.82, 2.24) is 9.97 Å². The summed E-state index contributed by atoms with van der Waals surface area (Å²) in [5, 5.41) is 2.39. The molecule has 0 fully saturated rings. The molecular formula is C28H35Cl3F2N6O4. The Labute approximate surface area is 265 Å². The minimum atomic E-state index is -0.734. The van der Waals surface area contributed by atoms with E-state index in [4.69, 9.17) is 53.7 Å². The van der Waals surface area contributed by atoms with Gasteiger partial charge in [-0.2, -0.15) is 0 Å². The van der Waals surface area contributed by atoms with Crippen molar-refractivity contribution in [2.45, 2.75) is 66.5 Å². The number of esters is 2. The van der Waals surface area contributed by atoms with Crippen LogP contribution in [-0.2, 0) is 19.1 Å². The summed E-state index contributed by atoms with van der Waals surface area (Å²) >= 11 is 16.5. The third-order valence-corrected chi connectivity index (χ3v) is 6.52. The maximum Gasteiger partial charge on any atom is 0.307 e. The zero-order valence-corrected chi connectivity index (χ0v) is 27.4. The summed E-state index contributed by atoms with van der Waals surface area (Å²) in [6, 6.07) is 1.43. The third kappa shape index (κ3) is 14.2. The molecule has 0 aliphatic carbocycles. The van der Waals surface area contributed by atoms with Crippen molar-refractivity contribution < 1.29 is 27.8 Å². The zero-order chi connectivity index (χ0) is 33.7. The molecule has 0 spiro atoms. The van der Waals surface area contributed by atoms with E-state index in [2.05, 4.69) is 34.4 Å². The van der Waals surface area contributed by atoms with Gasteiger partial charge in [0.25, 0.3) is 0 Å². The van der Waals surface area contributed by atoms with Crippen LogP contribution in [0.2, 0.25) is 15.5 Å². The van der Waals surface area contributed by atoms with Gasteiger partial charge in [-0.3, -0.25) is 9.59 Å². The van der Waals surface area contributed by atoms with Crippen molar-refractivity contribution in [3.63, 3.8) is 0 Å². The predicted octanol–water partition coefficient (Wildman–Crippen LogP) is 7.82. The van der Waals surface area contributed by atoms with Gasteiger partial charge in [0.2, 0.25) is 11.4 Å². The van der Waals surface area contributed by atoms with E-state index in [-0.39, 0.29) is 61.9 Å². The molecule has 0 aliphatic rings. The first-order valence-electron chi connectivity index (χ1n) is 12.5. The van der Waals surface area contributed by atoms with Gasteiger partial charge < -0.3 is 20.5 Å². The van der Waals surface area contributed by atoms with E-state index in [1.807, 2.05) is 41.5 Å². The highest BCUT2D eigenvalue weighted by Crippen LogP contribution is 2.31. The molecule has 2 atom stereocenters. The zero-order valence-electron chi connectivity index (χ0n) is 25.1. The quantitative estimate of drug-likeness (QED) is 0.182. The number of anilines is 1. The average molecular weight is 664 g/mol. The largest absolute Gasteiger partial charge is 0.469 e. The first-order chi connectivity index (χ1) is 19.7. The van der Waals surface area contributed by atoms with Gasteiger partial charge in [0.15, 0.2) is 16.8 Å². The predicted molar refractivity (Wildman–Crippen MR) is 164 cm³/mol. The van der Waals surface area contributed by atoms with Crippen molar-refractivity contribution in [3.8, 4) is 0 Å². The fraction of sp³-hybridized carbons (Fsp3) is 0.500. The van der Waals surface area contributed by atoms with Gasteiger partial charge >= 0.3 is 11.9 Å². The SMILES string of the molecule is COC(=O)CC(N)C(C)(C)C.[C-]#[N+]c1cc(F)c(Cl)nc1Cl.[C-]#[N+]c1cc(F)c(NC(CC(=O)OC)C(C)(C)C)nc1Cl. The van der Waals surface area contributed by atoms with E-state index in [9.17, 15) is 18.4 Å². The Morgan fingerprint density at radius 1 is 0.860 bits per heavy atom. The molecule has 3 N–H and O–H groups in total. The molecular weight excluding hydrogens is 629 g/mol. The second kappa shape index (κ2) is 17.7. The minimum Gasteiger partial charge on any atom is -0.469 e. The number of rotatable bonds is 6. The summed E-state index contributed by atoms with van der Waals surface area (Å²) < 4.78 is 35.6. The van der Waals surface area contributed by atoms with Crippen LogP contribution in [0.4, 0.5) is 26.0 Å². The maximum atomic E-state index is 13.9. The molecule has 0 amide bonds. The molecule has 2 heterocycles. The Balaban J connectivity index is 0.000000677. The fourth-order valence-corrected chi connectivity index (χ4v) is 3.25. The van der Waals surface area contributed by atoms with Crippen LogP contribution in [0.15, 0.2) is 12.1 Å². The van der Waals surface area contributed by atoms with Gasteiger partial charge in [0.05, 0.1) is 40.2 Å². The van der Waals surface area contributed by atoms with Crippen molar-refractivity contribution >= 4 is 63.9 Å². The Bertz CT molecular complexity index is 1350. The van der Waals surface area contributed by atoms with E-state index < -0.39 is 23.6 Å². The molecule has 236 valence electrons. The molecule has 10 nitrogen and oxygen atoms in total. The molecule has 2 unspecified atom stereocenters. The number of pyridine rings is 2. The number of nitrogens with zero attached hydrogens (tertiary/aromatic N) is 4. The number of aromatic nitrogens is 2. The van der Waals surface area contributed by atoms with Crippen LogP contribution < -0.4 is 11.1 Å². The summed E-state index contributed by atoms with van der Waals surface area (Å²) in [4.78, 5) is 35.5. The molecule has 43 heavy (non-hydrogen) atoms. The fourth-order valence-electron chi connectivity index (χ4n) is 2.71. The number of nitrogens with one attached hydrogen (secondary N) is 1. The standard InChI is InChI=1S/C14H17ClFN3O2.C8H17NO2.C6HCl2FN2/c1-14(2,3)10(7-11(20)21-5)18-13-8(16)6-9(17-4)12(15)19-13;1-8(2,3)6(9)5-7(10)11-4;1-10-4-2-3(9)5(7)11-6(4)8/h6,10H,7H2,1-3,5H3,(H,18,19);6H,5,9H2,1-4H3;2H. The Kier molecular flexibility index (Phi) is 16.4. The van der Waals surface area contributed by atoms with Gasteiger partial charge in [0, 0.05) is 12.1 Å². The molecule has 0 aliphatic heterocycles. The number of halogens is 5. The van der Waals surface area contributed by atoms with Crippen molar-refractivity contribution in [1.29, 1.82) is 0 Å². The lowest BCUT2D eigenvalue weighted by Gasteiger charge is -2.31. The molecule has 0 saturated heterocycles. The molecule has 15 heteroatoms. The molecule has 2 aromatic rings. The normalized spacial score (nSPS) is 12.1. The number of nitrogens with two attached hydrogens (primary N) is 1. The maximum absolute atomic E-state index is 13.9. The number of ether oxygens (including phenoxy) is 2. The highest BCUT2D eigenvalue weighted by atomic mass is 35.5. The van der Waals surface area contributed by atoms with Gasteiger partial charge in [-0.1, -0.05) is 76.3 Å². The van der Waals surface area contributed by atoms with E-state index in [0.717, 1.165) is 12.1 Å². The first-order valence-corrected chi connectivity index (χ1v) is 13.6.